The molecule has 1 aromatic carbocycles. The highest BCUT2D eigenvalue weighted by atomic mass is 35.5. The van der Waals surface area contributed by atoms with Crippen LogP contribution in [0.4, 0.5) is 10.1 Å². The number of hydrogen-bond donors (Lipinski definition) is 2. The van der Waals surface area contributed by atoms with Crippen LogP contribution in [0.15, 0.2) is 30.7 Å². The number of halogens is 3. The van der Waals surface area contributed by atoms with Gasteiger partial charge in [-0.15, -0.1) is 0 Å². The molecule has 0 unspecified atom stereocenters. The molecule has 0 saturated heterocycles. The minimum atomic E-state index is -0.514. The van der Waals surface area contributed by atoms with Gasteiger partial charge in [-0.1, -0.05) is 17.7 Å². The second kappa shape index (κ2) is 11.4. The summed E-state index contributed by atoms with van der Waals surface area (Å²) < 4.78 is 19.1. The molecule has 0 bridgehead atoms. The molecule has 2 heterocycles. The van der Waals surface area contributed by atoms with Crippen LogP contribution in [-0.4, -0.2) is 38.8 Å². The predicted molar refractivity (Wildman–Crippen MR) is 118 cm³/mol. The zero-order valence-electron chi connectivity index (χ0n) is 17.2. The number of nitrogens with zero attached hydrogens (tertiary/aromatic N) is 3. The van der Waals surface area contributed by atoms with Crippen molar-refractivity contribution in [2.75, 3.05) is 12.8 Å². The molecular formula is C20H20Cl2FN5O4. The summed E-state index contributed by atoms with van der Waals surface area (Å²) in [6, 6.07) is 4.27. The van der Waals surface area contributed by atoms with Crippen molar-refractivity contribution in [3.05, 3.63) is 52.8 Å². The lowest BCUT2D eigenvalue weighted by molar-refractivity contribution is -0.141. The van der Waals surface area contributed by atoms with E-state index in [-0.39, 0.29) is 36.0 Å². The molecule has 0 atom stereocenters. The number of rotatable bonds is 6. The predicted octanol–water partition coefficient (Wildman–Crippen LogP) is 2.98. The molecule has 0 fully saturated rings. The molecule has 0 aliphatic heterocycles. The molecule has 3 rings (SSSR count). The molecule has 9 nitrogen and oxygen atoms in total. The fraction of sp³-hybridized carbons (Fsp3) is 0.250. The summed E-state index contributed by atoms with van der Waals surface area (Å²) in [7, 11) is 3.03. The quantitative estimate of drug-likeness (QED) is 0.407. The molecule has 3 aromatic rings. The summed E-state index contributed by atoms with van der Waals surface area (Å²) in [5, 5.41) is 2.22. The first-order valence-corrected chi connectivity index (χ1v) is 9.92. The average molecular weight is 484 g/mol. The number of nitrogens with one attached hydrogen (secondary N) is 1. The fourth-order valence-electron chi connectivity index (χ4n) is 2.64. The van der Waals surface area contributed by atoms with E-state index in [9.17, 15) is 18.8 Å². The fourth-order valence-corrected chi connectivity index (χ4v) is 2.94. The molecule has 0 spiro atoms. The molecule has 0 radical (unpaired) electrons. The Kier molecular flexibility index (Phi) is 8.91. The first-order valence-electron chi connectivity index (χ1n) is 9.16. The maximum Gasteiger partial charge on any atom is 0.305 e. The Bertz CT molecular complexity index is 1150. The number of ether oxygens (including phenoxy) is 1. The number of hydrogen-bond acceptors (Lipinski definition) is 7. The van der Waals surface area contributed by atoms with Crippen LogP contribution in [0, 0.1) is 5.82 Å². The molecule has 2 aromatic heterocycles. The normalized spacial score (nSPS) is 10.3. The summed E-state index contributed by atoms with van der Waals surface area (Å²) >= 11 is 10.7. The summed E-state index contributed by atoms with van der Waals surface area (Å²) in [6.45, 7) is 0.199. The zero-order chi connectivity index (χ0) is 23.8. The van der Waals surface area contributed by atoms with Crippen LogP contribution in [0.2, 0.25) is 5.02 Å². The zero-order valence-corrected chi connectivity index (χ0v) is 18.7. The van der Waals surface area contributed by atoms with E-state index in [0.717, 1.165) is 0 Å². The van der Waals surface area contributed by atoms with Crippen LogP contribution in [0.1, 0.15) is 28.9 Å². The Labute approximate surface area is 192 Å². The Morgan fingerprint density at radius 3 is 2.59 bits per heavy atom. The number of fused-ring (bicyclic) bond motifs is 1. The van der Waals surface area contributed by atoms with Crippen molar-refractivity contribution in [3.8, 4) is 0 Å². The van der Waals surface area contributed by atoms with Crippen LogP contribution in [0.5, 0.6) is 0 Å². The summed E-state index contributed by atoms with van der Waals surface area (Å²) in [4.78, 5) is 40.8. The van der Waals surface area contributed by atoms with Gasteiger partial charge in [-0.05, 0) is 29.3 Å². The Balaban J connectivity index is 0.000000344. The third-order valence-electron chi connectivity index (χ3n) is 4.19. The van der Waals surface area contributed by atoms with Gasteiger partial charge in [-0.3, -0.25) is 14.4 Å². The van der Waals surface area contributed by atoms with Crippen LogP contribution < -0.4 is 11.1 Å². The van der Waals surface area contributed by atoms with Crippen LogP contribution in [0.3, 0.4) is 0 Å². The van der Waals surface area contributed by atoms with Gasteiger partial charge >= 0.3 is 5.97 Å². The average Bonchev–Trinajstić information content (AvgIpc) is 3.06. The smallest absolute Gasteiger partial charge is 0.305 e. The number of benzene rings is 1. The standard InChI is InChI=1S/C15H13ClFN5O.C5H7ClO3/c1-22-6-11(18)12-14(22)13(21-7-20-12)15(23)19-5-8-2-3-10(17)9(16)4-8;1-9-5(8)3-2-4(6)7/h2-4,6-7H,5,18H2,1H3,(H,19,23);2-3H2,1H3. The van der Waals surface area contributed by atoms with Crippen LogP contribution in [-0.2, 0) is 27.9 Å². The van der Waals surface area contributed by atoms with E-state index < -0.39 is 17.0 Å². The van der Waals surface area contributed by atoms with E-state index >= 15 is 0 Å². The van der Waals surface area contributed by atoms with E-state index in [1.54, 1.807) is 23.9 Å². The maximum absolute atomic E-state index is 13.1. The molecule has 0 aliphatic carbocycles. The van der Waals surface area contributed by atoms with Gasteiger partial charge in [0, 0.05) is 26.2 Å². The highest BCUT2D eigenvalue weighted by Gasteiger charge is 2.17. The van der Waals surface area contributed by atoms with Crippen molar-refractivity contribution in [2.45, 2.75) is 19.4 Å². The largest absolute Gasteiger partial charge is 0.469 e. The van der Waals surface area contributed by atoms with Crippen molar-refractivity contribution in [1.82, 2.24) is 19.9 Å². The number of carbonyl (C=O) groups is 3. The molecular weight excluding hydrogens is 464 g/mol. The number of methoxy groups -OCH3 is 1. The second-order valence-electron chi connectivity index (χ2n) is 6.48. The number of amides is 1. The van der Waals surface area contributed by atoms with Gasteiger partial charge < -0.3 is 20.4 Å². The molecule has 32 heavy (non-hydrogen) atoms. The first kappa shape index (κ1) is 25.0. The monoisotopic (exact) mass is 483 g/mol. The van der Waals surface area contributed by atoms with E-state index in [1.807, 2.05) is 0 Å². The van der Waals surface area contributed by atoms with E-state index in [4.69, 9.17) is 28.9 Å². The second-order valence-corrected chi connectivity index (χ2v) is 7.31. The number of nitrogens with two attached hydrogens (primary N) is 1. The van der Waals surface area contributed by atoms with Crippen LogP contribution in [0.25, 0.3) is 11.0 Å². The summed E-state index contributed by atoms with van der Waals surface area (Å²) in [5.74, 6) is -1.29. The summed E-state index contributed by atoms with van der Waals surface area (Å²) in [5.41, 5.74) is 8.31. The van der Waals surface area contributed by atoms with Gasteiger partial charge in [-0.25, -0.2) is 14.4 Å². The molecule has 1 amide bonds. The van der Waals surface area contributed by atoms with Gasteiger partial charge in [0.1, 0.15) is 23.2 Å². The third kappa shape index (κ3) is 6.63. The summed E-state index contributed by atoms with van der Waals surface area (Å²) in [6.07, 6.45) is 3.09. The van der Waals surface area contributed by atoms with E-state index in [0.29, 0.717) is 22.3 Å². The number of esters is 1. The van der Waals surface area contributed by atoms with E-state index in [1.165, 1.54) is 25.6 Å². The Morgan fingerprint density at radius 2 is 1.97 bits per heavy atom. The minimum absolute atomic E-state index is 0.0105. The number of aromatic nitrogens is 3. The minimum Gasteiger partial charge on any atom is -0.469 e. The van der Waals surface area contributed by atoms with Gasteiger partial charge in [0.2, 0.25) is 5.24 Å². The highest BCUT2D eigenvalue weighted by Crippen LogP contribution is 2.22. The van der Waals surface area contributed by atoms with Crippen molar-refractivity contribution >= 4 is 57.0 Å². The maximum atomic E-state index is 13.1. The number of nitrogen functional groups attached to an aromatic ring is 1. The SMILES string of the molecule is COC(=O)CCC(=O)Cl.Cn1cc(N)c2ncnc(C(=O)NCc3ccc(F)c(Cl)c3)c21. The van der Waals surface area contributed by atoms with E-state index in [2.05, 4.69) is 20.0 Å². The van der Waals surface area contributed by atoms with Gasteiger partial charge in [0.15, 0.2) is 5.69 Å². The van der Waals surface area contributed by atoms with Gasteiger partial charge in [0.25, 0.3) is 5.91 Å². The van der Waals surface area contributed by atoms with Gasteiger partial charge in [-0.2, -0.15) is 0 Å². The van der Waals surface area contributed by atoms with Crippen molar-refractivity contribution in [3.63, 3.8) is 0 Å². The van der Waals surface area contributed by atoms with Crippen molar-refractivity contribution in [2.24, 2.45) is 7.05 Å². The Hall–Kier alpha value is -3.24. The lowest BCUT2D eigenvalue weighted by atomic mass is 10.2. The molecule has 0 aliphatic rings. The highest BCUT2D eigenvalue weighted by molar-refractivity contribution is 6.63. The topological polar surface area (TPSA) is 129 Å². The van der Waals surface area contributed by atoms with Crippen LogP contribution >= 0.6 is 23.2 Å². The van der Waals surface area contributed by atoms with Crippen molar-refractivity contribution < 1.29 is 23.5 Å². The first-order chi connectivity index (χ1) is 15.1. The number of carbonyl (C=O) groups excluding carboxylic acids is 3. The molecule has 0 saturated carbocycles. The lowest BCUT2D eigenvalue weighted by Gasteiger charge is -2.07. The lowest BCUT2D eigenvalue weighted by Crippen LogP contribution is -2.24. The number of aryl methyl sites for hydroxylation is 1. The number of anilines is 1. The third-order valence-corrected chi connectivity index (χ3v) is 4.67. The molecule has 3 N–H and O–H groups in total. The molecule has 170 valence electrons. The Morgan fingerprint density at radius 1 is 1.25 bits per heavy atom. The van der Waals surface area contributed by atoms with Crippen molar-refractivity contribution in [1.29, 1.82) is 0 Å². The molecule has 12 heteroatoms. The van der Waals surface area contributed by atoms with Gasteiger partial charge in [0.05, 0.1) is 24.2 Å².